The van der Waals surface area contributed by atoms with Gasteiger partial charge in [0.15, 0.2) is 11.5 Å². The second-order valence-electron chi connectivity index (χ2n) is 9.86. The van der Waals surface area contributed by atoms with Crippen LogP contribution in [0.1, 0.15) is 51.6 Å². The van der Waals surface area contributed by atoms with Crippen LogP contribution < -0.4 is 4.74 Å². The van der Waals surface area contributed by atoms with Crippen molar-refractivity contribution >= 4 is 11.7 Å². The largest absolute Gasteiger partial charge is 0.494 e. The summed E-state index contributed by atoms with van der Waals surface area (Å²) < 4.78 is 12.0. The number of carbonyl (C=O) groups excluding carboxylic acids is 2. The van der Waals surface area contributed by atoms with E-state index in [-0.39, 0.29) is 29.5 Å². The van der Waals surface area contributed by atoms with E-state index in [0.29, 0.717) is 30.6 Å². The second kappa shape index (κ2) is 9.26. The van der Waals surface area contributed by atoms with Gasteiger partial charge in [0.1, 0.15) is 11.9 Å². The zero-order valence-electron chi connectivity index (χ0n) is 20.0. The second-order valence-corrected chi connectivity index (χ2v) is 9.86. The highest BCUT2D eigenvalue weighted by Crippen LogP contribution is 2.48. The van der Waals surface area contributed by atoms with Crippen LogP contribution in [-0.4, -0.2) is 61.4 Å². The number of ether oxygens (including phenoxy) is 2. The number of nitrogens with zero attached hydrogens (tertiary/aromatic N) is 2. The molecule has 2 aliphatic heterocycles. The summed E-state index contributed by atoms with van der Waals surface area (Å²) in [4.78, 5) is 31.3. The number of rotatable bonds is 7. The molecule has 1 amide bonds. The highest BCUT2D eigenvalue weighted by molar-refractivity contribution is 6.11. The van der Waals surface area contributed by atoms with E-state index in [1.807, 2.05) is 50.2 Å². The van der Waals surface area contributed by atoms with Crippen molar-refractivity contribution in [2.24, 2.45) is 17.8 Å². The number of benzene rings is 1. The minimum absolute atomic E-state index is 0.102. The van der Waals surface area contributed by atoms with E-state index < -0.39 is 6.04 Å². The van der Waals surface area contributed by atoms with Crippen LogP contribution in [-0.2, 0) is 14.3 Å². The van der Waals surface area contributed by atoms with Gasteiger partial charge in [-0.1, -0.05) is 26.0 Å². The zero-order valence-corrected chi connectivity index (χ0v) is 20.0. The van der Waals surface area contributed by atoms with Gasteiger partial charge in [-0.25, -0.2) is 0 Å². The Kier molecular flexibility index (Phi) is 6.61. The van der Waals surface area contributed by atoms with Crippen LogP contribution in [0.3, 0.4) is 0 Å². The molecule has 0 spiro atoms. The standard InChI is InChI=1S/C26H36N2O4/c1-6-31-19-10-7-9-18(15-19)23-22-24(29)20-13-16(2)17(3)14-21(20)32-25(22)26(30)28(23)12-8-11-27(4)5/h7,9-10,15-17,20-21,23H,6,8,11-14H2,1-5H3. The Morgan fingerprint density at radius 2 is 1.91 bits per heavy atom. The van der Waals surface area contributed by atoms with E-state index in [9.17, 15) is 9.59 Å². The SMILES string of the molecule is CCOc1cccc(C2C3=C(OC4CC(C)C(C)CC4C3=O)C(=O)N2CCCN(C)C)c1. The van der Waals surface area contributed by atoms with Crippen molar-refractivity contribution in [2.45, 2.75) is 52.2 Å². The lowest BCUT2D eigenvalue weighted by Crippen LogP contribution is -2.43. The predicted octanol–water partition coefficient (Wildman–Crippen LogP) is 3.82. The molecule has 4 rings (SSSR count). The average molecular weight is 441 g/mol. The number of ketones is 1. The molecule has 0 radical (unpaired) electrons. The van der Waals surface area contributed by atoms with Gasteiger partial charge in [0.25, 0.3) is 5.91 Å². The summed E-state index contributed by atoms with van der Waals surface area (Å²) in [5.74, 6) is 1.79. The molecule has 174 valence electrons. The highest BCUT2D eigenvalue weighted by Gasteiger charge is 2.53. The number of fused-ring (bicyclic) bond motifs is 1. The van der Waals surface area contributed by atoms with Crippen LogP contribution >= 0.6 is 0 Å². The highest BCUT2D eigenvalue weighted by atomic mass is 16.5. The molecule has 6 heteroatoms. The third-order valence-electron chi connectivity index (χ3n) is 7.30. The van der Waals surface area contributed by atoms with Gasteiger partial charge in [0.2, 0.25) is 0 Å². The van der Waals surface area contributed by atoms with Gasteiger partial charge >= 0.3 is 0 Å². The maximum atomic E-state index is 13.8. The first-order valence-corrected chi connectivity index (χ1v) is 11.9. The lowest BCUT2D eigenvalue weighted by Gasteiger charge is -2.40. The lowest BCUT2D eigenvalue weighted by molar-refractivity contribution is -0.137. The summed E-state index contributed by atoms with van der Waals surface area (Å²) in [5.41, 5.74) is 1.46. The van der Waals surface area contributed by atoms with Gasteiger partial charge in [0, 0.05) is 6.54 Å². The molecule has 3 aliphatic rings. The summed E-state index contributed by atoms with van der Waals surface area (Å²) in [6.07, 6.45) is 2.29. The van der Waals surface area contributed by atoms with E-state index in [4.69, 9.17) is 9.47 Å². The summed E-state index contributed by atoms with van der Waals surface area (Å²) in [7, 11) is 4.05. The molecule has 5 atom stereocenters. The van der Waals surface area contributed by atoms with Crippen LogP contribution in [0.5, 0.6) is 5.75 Å². The first kappa shape index (κ1) is 22.8. The molecule has 6 nitrogen and oxygen atoms in total. The Labute approximate surface area is 191 Å². The normalized spacial score (nSPS) is 29.8. The summed E-state index contributed by atoms with van der Waals surface area (Å²) >= 11 is 0. The van der Waals surface area contributed by atoms with Gasteiger partial charge in [-0.2, -0.15) is 0 Å². The molecular weight excluding hydrogens is 404 g/mol. The van der Waals surface area contributed by atoms with E-state index in [1.165, 1.54) is 0 Å². The van der Waals surface area contributed by atoms with Crippen molar-refractivity contribution < 1.29 is 19.1 Å². The van der Waals surface area contributed by atoms with Gasteiger partial charge in [0.05, 0.1) is 24.1 Å². The summed E-state index contributed by atoms with van der Waals surface area (Å²) in [5, 5.41) is 0. The van der Waals surface area contributed by atoms with Crippen molar-refractivity contribution in [3.63, 3.8) is 0 Å². The number of hydrogen-bond donors (Lipinski definition) is 0. The smallest absolute Gasteiger partial charge is 0.290 e. The predicted molar refractivity (Wildman–Crippen MR) is 123 cm³/mol. The van der Waals surface area contributed by atoms with Crippen molar-refractivity contribution in [3.05, 3.63) is 41.2 Å². The molecule has 5 unspecified atom stereocenters. The molecule has 0 N–H and O–H groups in total. The van der Waals surface area contributed by atoms with Crippen molar-refractivity contribution in [1.29, 1.82) is 0 Å². The zero-order chi connectivity index (χ0) is 23.0. The fourth-order valence-electron chi connectivity index (χ4n) is 5.38. The molecule has 1 aromatic rings. The van der Waals surface area contributed by atoms with Gasteiger partial charge < -0.3 is 19.3 Å². The first-order valence-electron chi connectivity index (χ1n) is 11.9. The molecule has 2 heterocycles. The van der Waals surface area contributed by atoms with Crippen molar-refractivity contribution in [1.82, 2.24) is 9.80 Å². The van der Waals surface area contributed by atoms with Gasteiger partial charge in [-0.05, 0) is 76.4 Å². The summed E-state index contributed by atoms with van der Waals surface area (Å²) in [6.45, 7) is 8.39. The lowest BCUT2D eigenvalue weighted by atomic mass is 9.70. The quantitative estimate of drug-likeness (QED) is 0.645. The topological polar surface area (TPSA) is 59.1 Å². The van der Waals surface area contributed by atoms with Crippen molar-refractivity contribution in [2.75, 3.05) is 33.8 Å². The van der Waals surface area contributed by atoms with Gasteiger partial charge in [-0.15, -0.1) is 0 Å². The van der Waals surface area contributed by atoms with Crippen LogP contribution in [0, 0.1) is 17.8 Å². The molecule has 0 aromatic heterocycles. The molecule has 0 bridgehead atoms. The van der Waals surface area contributed by atoms with E-state index in [0.717, 1.165) is 37.1 Å². The number of hydrogen-bond acceptors (Lipinski definition) is 5. The maximum absolute atomic E-state index is 13.8. The van der Waals surface area contributed by atoms with E-state index >= 15 is 0 Å². The van der Waals surface area contributed by atoms with E-state index in [1.54, 1.807) is 0 Å². The summed E-state index contributed by atoms with van der Waals surface area (Å²) in [6, 6.07) is 7.38. The minimum Gasteiger partial charge on any atom is -0.494 e. The molecular formula is C26H36N2O4. The molecule has 1 aliphatic carbocycles. The van der Waals surface area contributed by atoms with Crippen LogP contribution in [0.25, 0.3) is 0 Å². The maximum Gasteiger partial charge on any atom is 0.290 e. The Morgan fingerprint density at radius 1 is 1.16 bits per heavy atom. The fraction of sp³-hybridized carbons (Fsp3) is 0.615. The Bertz CT molecular complexity index is 909. The van der Waals surface area contributed by atoms with Crippen LogP contribution in [0.4, 0.5) is 0 Å². The Morgan fingerprint density at radius 3 is 2.62 bits per heavy atom. The number of amides is 1. The molecule has 1 fully saturated rings. The monoisotopic (exact) mass is 440 g/mol. The van der Waals surface area contributed by atoms with Gasteiger partial charge in [-0.3, -0.25) is 9.59 Å². The number of carbonyl (C=O) groups is 2. The van der Waals surface area contributed by atoms with Crippen LogP contribution in [0.15, 0.2) is 35.6 Å². The minimum atomic E-state index is -0.414. The Hall–Kier alpha value is -2.34. The Balaban J connectivity index is 1.71. The third kappa shape index (κ3) is 4.17. The van der Waals surface area contributed by atoms with Crippen LogP contribution in [0.2, 0.25) is 0 Å². The molecule has 1 saturated carbocycles. The molecule has 0 saturated heterocycles. The average Bonchev–Trinajstić information content (AvgIpc) is 3.02. The van der Waals surface area contributed by atoms with Crippen molar-refractivity contribution in [3.8, 4) is 5.75 Å². The van der Waals surface area contributed by atoms with E-state index in [2.05, 4.69) is 18.7 Å². The first-order chi connectivity index (χ1) is 15.3. The third-order valence-corrected chi connectivity index (χ3v) is 7.30. The molecule has 32 heavy (non-hydrogen) atoms. The number of Topliss-reactive ketones (excluding diaryl/α,β-unsaturated/α-hetero) is 1. The fourth-order valence-corrected chi connectivity index (χ4v) is 5.38. The molecule has 1 aromatic carbocycles.